The van der Waals surface area contributed by atoms with Crippen LogP contribution in [0.2, 0.25) is 0 Å². The van der Waals surface area contributed by atoms with Crippen LogP contribution in [-0.2, 0) is 13.0 Å². The molecule has 1 aliphatic rings. The number of aliphatic hydroxyl groups excluding tert-OH is 1. The highest BCUT2D eigenvalue weighted by Crippen LogP contribution is 2.26. The third kappa shape index (κ3) is 10.5. The van der Waals surface area contributed by atoms with Crippen molar-refractivity contribution in [2.75, 3.05) is 18.6 Å². The Morgan fingerprint density at radius 1 is 1.10 bits per heavy atom. The van der Waals surface area contributed by atoms with Crippen molar-refractivity contribution in [1.82, 2.24) is 5.06 Å². The Labute approximate surface area is 181 Å². The summed E-state index contributed by atoms with van der Waals surface area (Å²) in [6.45, 7) is 8.68. The van der Waals surface area contributed by atoms with Crippen molar-refractivity contribution < 1.29 is 22.1 Å². The van der Waals surface area contributed by atoms with Crippen molar-refractivity contribution in [1.29, 1.82) is 0 Å². The molecule has 1 aliphatic heterocycles. The SMILES string of the molecule is CC(C)(C)O.CCc1cc(C2=CCN(O)CC2)ccc1NO.OCc1ccccc1.[HH]. The second-order valence-electron chi connectivity index (χ2n) is 8.04. The maximum absolute atomic E-state index is 9.30. The van der Waals surface area contributed by atoms with Crippen LogP contribution in [0, 0.1) is 0 Å². The van der Waals surface area contributed by atoms with Crippen molar-refractivity contribution in [3.8, 4) is 0 Å². The number of nitrogens with zero attached hydrogens (tertiary/aromatic N) is 1. The van der Waals surface area contributed by atoms with Gasteiger partial charge in [0.25, 0.3) is 0 Å². The van der Waals surface area contributed by atoms with Gasteiger partial charge in [-0.15, -0.1) is 0 Å². The Kier molecular flexibility index (Phi) is 11.3. The predicted molar refractivity (Wildman–Crippen MR) is 124 cm³/mol. The maximum Gasteiger partial charge on any atom is 0.0681 e. The van der Waals surface area contributed by atoms with Crippen LogP contribution in [0.25, 0.3) is 5.57 Å². The molecule has 6 nitrogen and oxygen atoms in total. The Bertz CT molecular complexity index is 771. The van der Waals surface area contributed by atoms with Gasteiger partial charge in [-0.25, -0.2) is 0 Å². The fourth-order valence-electron chi connectivity index (χ4n) is 2.70. The average molecular weight is 419 g/mol. The number of nitrogens with one attached hydrogen (secondary N) is 1. The molecule has 0 amide bonds. The molecule has 0 bridgehead atoms. The fourth-order valence-corrected chi connectivity index (χ4v) is 2.70. The van der Waals surface area contributed by atoms with E-state index in [-0.39, 0.29) is 8.03 Å². The van der Waals surface area contributed by atoms with Crippen molar-refractivity contribution in [2.24, 2.45) is 0 Å². The Morgan fingerprint density at radius 2 is 1.73 bits per heavy atom. The van der Waals surface area contributed by atoms with Gasteiger partial charge in [-0.1, -0.05) is 49.4 Å². The van der Waals surface area contributed by atoms with E-state index in [0.717, 1.165) is 29.7 Å². The van der Waals surface area contributed by atoms with E-state index in [2.05, 4.69) is 18.5 Å². The Morgan fingerprint density at radius 3 is 2.17 bits per heavy atom. The summed E-state index contributed by atoms with van der Waals surface area (Å²) >= 11 is 0. The smallest absolute Gasteiger partial charge is 0.0681 e. The van der Waals surface area contributed by atoms with E-state index >= 15 is 0 Å². The molecule has 0 unspecified atom stereocenters. The fraction of sp³-hybridized carbons (Fsp3) is 0.417. The molecular formula is C24H38N2O4. The van der Waals surface area contributed by atoms with Crippen molar-refractivity contribution >= 4 is 11.3 Å². The van der Waals surface area contributed by atoms with Gasteiger partial charge in [0, 0.05) is 14.5 Å². The minimum atomic E-state index is -0.500. The molecule has 0 atom stereocenters. The monoisotopic (exact) mass is 418 g/mol. The van der Waals surface area contributed by atoms with Gasteiger partial charge < -0.3 is 15.4 Å². The summed E-state index contributed by atoms with van der Waals surface area (Å²) in [5.74, 6) is 0. The normalized spacial score (nSPS) is 13.9. The molecule has 0 aromatic heterocycles. The third-order valence-electron chi connectivity index (χ3n) is 4.19. The molecule has 2 aromatic rings. The lowest BCUT2D eigenvalue weighted by Crippen LogP contribution is -2.24. The van der Waals surface area contributed by atoms with Crippen molar-refractivity contribution in [3.63, 3.8) is 0 Å². The lowest BCUT2D eigenvalue weighted by atomic mass is 9.97. The highest BCUT2D eigenvalue weighted by molar-refractivity contribution is 5.69. The second kappa shape index (κ2) is 13.2. The standard InChI is InChI=1S/C13H18N2O2.C7H8O.C4H10O.H2/c1-2-10-9-12(3-4-13(10)14-16)11-5-7-15(17)8-6-11;8-6-7-4-2-1-3-5-7;1-4(2,3)5;/h3-5,9,14,16-17H,2,6-8H2,1H3;1-5,8H,6H2;5H,1-3H3;1H. The van der Waals surface area contributed by atoms with Crippen LogP contribution in [0.15, 0.2) is 54.6 Å². The summed E-state index contributed by atoms with van der Waals surface area (Å²) in [4.78, 5) is 0. The summed E-state index contributed by atoms with van der Waals surface area (Å²) < 4.78 is 0. The van der Waals surface area contributed by atoms with Gasteiger partial charge in [-0.05, 0) is 68.0 Å². The summed E-state index contributed by atoms with van der Waals surface area (Å²) in [5, 5.41) is 36.7. The molecule has 0 saturated heterocycles. The van der Waals surface area contributed by atoms with E-state index in [9.17, 15) is 5.21 Å². The second-order valence-corrected chi connectivity index (χ2v) is 8.04. The van der Waals surface area contributed by atoms with Crippen LogP contribution in [0.4, 0.5) is 5.69 Å². The molecule has 1 heterocycles. The molecule has 0 radical (unpaired) electrons. The minimum Gasteiger partial charge on any atom is -0.392 e. The number of aryl methyl sites for hydroxylation is 1. The lowest BCUT2D eigenvalue weighted by Gasteiger charge is -2.21. The summed E-state index contributed by atoms with van der Waals surface area (Å²) in [7, 11) is 0. The Balaban J connectivity index is 0.000000536. The molecule has 30 heavy (non-hydrogen) atoms. The van der Waals surface area contributed by atoms with Gasteiger partial charge in [-0.3, -0.25) is 10.7 Å². The molecule has 0 fully saturated rings. The zero-order valence-electron chi connectivity index (χ0n) is 18.5. The molecule has 0 saturated carbocycles. The number of benzene rings is 2. The van der Waals surface area contributed by atoms with Crippen LogP contribution < -0.4 is 5.48 Å². The first-order valence-electron chi connectivity index (χ1n) is 10.2. The highest BCUT2D eigenvalue weighted by atomic mass is 16.5. The number of hydrogen-bond donors (Lipinski definition) is 5. The zero-order chi connectivity index (χ0) is 22.6. The van der Waals surface area contributed by atoms with Gasteiger partial charge in [0.2, 0.25) is 0 Å². The van der Waals surface area contributed by atoms with Gasteiger partial charge in [0.1, 0.15) is 0 Å². The van der Waals surface area contributed by atoms with Gasteiger partial charge >= 0.3 is 0 Å². The maximum atomic E-state index is 9.30. The molecular weight excluding hydrogens is 380 g/mol. The van der Waals surface area contributed by atoms with E-state index < -0.39 is 5.60 Å². The largest absolute Gasteiger partial charge is 0.392 e. The van der Waals surface area contributed by atoms with Gasteiger partial charge in [0.15, 0.2) is 0 Å². The van der Waals surface area contributed by atoms with Crippen LogP contribution in [0.3, 0.4) is 0 Å². The van der Waals surface area contributed by atoms with Crippen LogP contribution >= 0.6 is 0 Å². The molecule has 168 valence electrons. The average Bonchev–Trinajstić information content (AvgIpc) is 2.73. The first-order chi connectivity index (χ1) is 14.2. The minimum absolute atomic E-state index is 0. The topological polar surface area (TPSA) is 96.2 Å². The predicted octanol–water partition coefficient (Wildman–Crippen LogP) is 4.73. The highest BCUT2D eigenvalue weighted by Gasteiger charge is 2.12. The lowest BCUT2D eigenvalue weighted by molar-refractivity contribution is -0.0807. The number of anilines is 1. The molecule has 0 aliphatic carbocycles. The van der Waals surface area contributed by atoms with Crippen molar-refractivity contribution in [2.45, 2.75) is 52.7 Å². The molecule has 6 heteroatoms. The first-order valence-corrected chi connectivity index (χ1v) is 10.2. The van der Waals surface area contributed by atoms with Gasteiger partial charge in [-0.2, -0.15) is 5.06 Å². The summed E-state index contributed by atoms with van der Waals surface area (Å²) in [6, 6.07) is 15.5. The number of hydroxylamine groups is 2. The zero-order valence-corrected chi connectivity index (χ0v) is 18.5. The summed E-state index contributed by atoms with van der Waals surface area (Å²) in [6.07, 6.45) is 3.77. The van der Waals surface area contributed by atoms with Crippen LogP contribution in [0.5, 0.6) is 0 Å². The van der Waals surface area contributed by atoms with Crippen LogP contribution in [0.1, 0.15) is 52.2 Å². The first kappa shape index (κ1) is 25.8. The molecule has 3 rings (SSSR count). The molecule has 2 aromatic carbocycles. The van der Waals surface area contributed by atoms with E-state index in [1.54, 1.807) is 20.8 Å². The van der Waals surface area contributed by atoms with E-state index in [1.165, 1.54) is 16.2 Å². The van der Waals surface area contributed by atoms with Gasteiger partial charge in [0.05, 0.1) is 17.9 Å². The van der Waals surface area contributed by atoms with Crippen LogP contribution in [-0.4, -0.2) is 44.4 Å². The number of aliphatic hydroxyl groups is 2. The molecule has 0 spiro atoms. The quantitative estimate of drug-likeness (QED) is 0.461. The van der Waals surface area contributed by atoms with E-state index in [4.69, 9.17) is 15.4 Å². The van der Waals surface area contributed by atoms with E-state index in [1.807, 2.05) is 48.5 Å². The third-order valence-corrected chi connectivity index (χ3v) is 4.19. The molecule has 5 N–H and O–H groups in total. The summed E-state index contributed by atoms with van der Waals surface area (Å²) in [5.41, 5.74) is 6.97. The van der Waals surface area contributed by atoms with E-state index in [0.29, 0.717) is 13.1 Å². The van der Waals surface area contributed by atoms with Crippen molar-refractivity contribution in [3.05, 3.63) is 71.3 Å². The number of rotatable bonds is 4. The Hall–Kier alpha value is -2.22. The number of hydrogen-bond acceptors (Lipinski definition) is 6.